The lowest BCUT2D eigenvalue weighted by Gasteiger charge is -2.11. The van der Waals surface area contributed by atoms with Gasteiger partial charge in [0.05, 0.1) is 10.7 Å². The maximum absolute atomic E-state index is 12.2. The molecule has 8 nitrogen and oxygen atoms in total. The Hall–Kier alpha value is -2.84. The highest BCUT2D eigenvalue weighted by molar-refractivity contribution is 6.34. The number of carbonyl (C=O) groups is 1. The Bertz CT molecular complexity index is 815. The number of benzene rings is 1. The molecule has 1 heterocycles. The SMILES string of the molecule is CNCC/C(N)=C(\C=N)c1ccc(Cl)c(NC(=O)c2coc(N)n2)c1. The number of nitrogens with two attached hydrogens (primary N) is 2. The van der Waals surface area contributed by atoms with Crippen molar-refractivity contribution in [3.05, 3.63) is 46.4 Å². The van der Waals surface area contributed by atoms with E-state index in [0.29, 0.717) is 40.5 Å². The summed E-state index contributed by atoms with van der Waals surface area (Å²) in [5.41, 5.74) is 13.6. The van der Waals surface area contributed by atoms with E-state index in [9.17, 15) is 4.79 Å². The predicted octanol–water partition coefficient (Wildman–Crippen LogP) is 2.09. The number of hydrogen-bond acceptors (Lipinski definition) is 7. The van der Waals surface area contributed by atoms with Gasteiger partial charge in [-0.15, -0.1) is 0 Å². The minimum atomic E-state index is -0.511. The van der Waals surface area contributed by atoms with E-state index < -0.39 is 5.91 Å². The van der Waals surface area contributed by atoms with Gasteiger partial charge in [-0.05, 0) is 24.7 Å². The third kappa shape index (κ3) is 4.59. The number of anilines is 2. The number of hydrogen-bond donors (Lipinski definition) is 5. The molecule has 0 radical (unpaired) electrons. The zero-order valence-corrected chi connectivity index (χ0v) is 14.4. The minimum Gasteiger partial charge on any atom is -0.431 e. The van der Waals surface area contributed by atoms with E-state index in [1.165, 1.54) is 6.21 Å². The van der Waals surface area contributed by atoms with Crippen molar-refractivity contribution in [1.82, 2.24) is 10.3 Å². The zero-order chi connectivity index (χ0) is 18.4. The molecule has 9 heteroatoms. The van der Waals surface area contributed by atoms with Crippen molar-refractivity contribution in [2.45, 2.75) is 6.42 Å². The Labute approximate surface area is 149 Å². The summed E-state index contributed by atoms with van der Waals surface area (Å²) in [6, 6.07) is 4.91. The number of amides is 1. The molecule has 2 rings (SSSR count). The highest BCUT2D eigenvalue weighted by Gasteiger charge is 2.14. The van der Waals surface area contributed by atoms with Gasteiger partial charge in [0.2, 0.25) is 0 Å². The first kappa shape index (κ1) is 18.5. The average molecular weight is 363 g/mol. The largest absolute Gasteiger partial charge is 0.431 e. The van der Waals surface area contributed by atoms with E-state index >= 15 is 0 Å². The summed E-state index contributed by atoms with van der Waals surface area (Å²) >= 11 is 6.15. The highest BCUT2D eigenvalue weighted by atomic mass is 35.5. The summed E-state index contributed by atoms with van der Waals surface area (Å²) in [5, 5.41) is 13.6. The maximum Gasteiger partial charge on any atom is 0.292 e. The zero-order valence-electron chi connectivity index (χ0n) is 13.6. The van der Waals surface area contributed by atoms with Crippen molar-refractivity contribution >= 4 is 41.0 Å². The van der Waals surface area contributed by atoms with Crippen LogP contribution in [0.1, 0.15) is 22.5 Å². The Morgan fingerprint density at radius 3 is 2.84 bits per heavy atom. The monoisotopic (exact) mass is 362 g/mol. The Morgan fingerprint density at radius 1 is 1.48 bits per heavy atom. The fourth-order valence-corrected chi connectivity index (χ4v) is 2.29. The van der Waals surface area contributed by atoms with Crippen LogP contribution >= 0.6 is 11.6 Å². The molecule has 132 valence electrons. The van der Waals surface area contributed by atoms with Gasteiger partial charge in [-0.3, -0.25) is 4.79 Å². The van der Waals surface area contributed by atoms with E-state index in [0.717, 1.165) is 6.26 Å². The topological polar surface area (TPSA) is 143 Å². The number of halogens is 1. The van der Waals surface area contributed by atoms with E-state index in [2.05, 4.69) is 15.6 Å². The first-order chi connectivity index (χ1) is 12.0. The molecule has 1 aromatic carbocycles. The average Bonchev–Trinajstić information content (AvgIpc) is 3.03. The van der Waals surface area contributed by atoms with Crippen LogP contribution in [0.4, 0.5) is 11.7 Å². The molecule has 0 saturated heterocycles. The summed E-state index contributed by atoms with van der Waals surface area (Å²) in [6.07, 6.45) is 2.92. The fraction of sp³-hybridized carbons (Fsp3) is 0.188. The molecule has 0 aliphatic rings. The molecule has 0 bridgehead atoms. The second-order valence-corrected chi connectivity index (χ2v) is 5.56. The van der Waals surface area contributed by atoms with Gasteiger partial charge in [0.15, 0.2) is 5.69 Å². The van der Waals surface area contributed by atoms with Crippen LogP contribution in [0.2, 0.25) is 5.02 Å². The summed E-state index contributed by atoms with van der Waals surface area (Å²) in [7, 11) is 1.82. The third-order valence-electron chi connectivity index (χ3n) is 3.41. The van der Waals surface area contributed by atoms with E-state index in [-0.39, 0.29) is 11.7 Å². The number of nitrogens with zero attached hydrogens (tertiary/aromatic N) is 1. The van der Waals surface area contributed by atoms with E-state index in [4.69, 9.17) is 32.9 Å². The van der Waals surface area contributed by atoms with Crippen molar-refractivity contribution < 1.29 is 9.21 Å². The summed E-state index contributed by atoms with van der Waals surface area (Å²) in [4.78, 5) is 15.9. The molecule has 0 unspecified atom stereocenters. The molecule has 0 fully saturated rings. The van der Waals surface area contributed by atoms with Crippen LogP contribution < -0.4 is 22.1 Å². The van der Waals surface area contributed by atoms with Crippen molar-refractivity contribution in [3.63, 3.8) is 0 Å². The normalized spacial score (nSPS) is 11.8. The standard InChI is InChI=1S/C16H19ClN6O2/c1-21-5-4-12(19)10(7-18)9-2-3-11(17)13(6-9)22-15(24)14-8-25-16(20)23-14/h2-3,6-8,18,21H,4-5,19H2,1H3,(H2,20,23)(H,22,24)/b12-10-,18-7?. The molecule has 0 saturated carbocycles. The van der Waals surface area contributed by atoms with Crippen LogP contribution in [0, 0.1) is 5.41 Å². The number of allylic oxidation sites excluding steroid dienone is 1. The molecule has 7 N–H and O–H groups in total. The van der Waals surface area contributed by atoms with Crippen molar-refractivity contribution in [1.29, 1.82) is 5.41 Å². The summed E-state index contributed by atoms with van der Waals surface area (Å²) in [5.74, 6) is -0.511. The molecule has 1 amide bonds. The van der Waals surface area contributed by atoms with Crippen LogP contribution in [0.15, 0.2) is 34.6 Å². The number of aromatic nitrogens is 1. The van der Waals surface area contributed by atoms with Crippen molar-refractivity contribution in [3.8, 4) is 0 Å². The van der Waals surface area contributed by atoms with Crippen LogP contribution in [-0.2, 0) is 0 Å². The predicted molar refractivity (Wildman–Crippen MR) is 98.8 cm³/mol. The molecular weight excluding hydrogens is 344 g/mol. The van der Waals surface area contributed by atoms with Crippen LogP contribution in [0.25, 0.3) is 5.57 Å². The number of nitrogen functional groups attached to an aromatic ring is 1. The van der Waals surface area contributed by atoms with Crippen molar-refractivity contribution in [2.75, 3.05) is 24.6 Å². The Kier molecular flexibility index (Phi) is 6.15. The summed E-state index contributed by atoms with van der Waals surface area (Å²) in [6.45, 7) is 0.688. The van der Waals surface area contributed by atoms with Gasteiger partial charge in [0.1, 0.15) is 6.26 Å². The molecule has 25 heavy (non-hydrogen) atoms. The third-order valence-corrected chi connectivity index (χ3v) is 3.74. The molecular formula is C16H19ClN6O2. The molecule has 0 atom stereocenters. The van der Waals surface area contributed by atoms with Crippen LogP contribution in [0.5, 0.6) is 0 Å². The highest BCUT2D eigenvalue weighted by Crippen LogP contribution is 2.27. The number of oxazole rings is 1. The van der Waals surface area contributed by atoms with Crippen LogP contribution in [-0.4, -0.2) is 30.7 Å². The van der Waals surface area contributed by atoms with Gasteiger partial charge in [-0.1, -0.05) is 17.7 Å². The first-order valence-electron chi connectivity index (χ1n) is 7.42. The second kappa shape index (κ2) is 8.32. The lowest BCUT2D eigenvalue weighted by Crippen LogP contribution is -2.14. The van der Waals surface area contributed by atoms with Gasteiger partial charge in [0.25, 0.3) is 11.9 Å². The van der Waals surface area contributed by atoms with E-state index in [1.807, 2.05) is 7.05 Å². The van der Waals surface area contributed by atoms with Gasteiger partial charge in [-0.25, -0.2) is 0 Å². The van der Waals surface area contributed by atoms with Crippen LogP contribution in [0.3, 0.4) is 0 Å². The molecule has 0 aliphatic carbocycles. The second-order valence-electron chi connectivity index (χ2n) is 5.16. The fourth-order valence-electron chi connectivity index (χ4n) is 2.12. The van der Waals surface area contributed by atoms with Gasteiger partial charge >= 0.3 is 0 Å². The lowest BCUT2D eigenvalue weighted by molar-refractivity contribution is 0.102. The number of nitrogens with one attached hydrogen (secondary N) is 3. The number of rotatable bonds is 7. The van der Waals surface area contributed by atoms with Gasteiger partial charge < -0.3 is 31.9 Å². The minimum absolute atomic E-state index is 0.0373. The lowest BCUT2D eigenvalue weighted by atomic mass is 10.0. The first-order valence-corrected chi connectivity index (χ1v) is 7.80. The maximum atomic E-state index is 12.2. The molecule has 2 aromatic rings. The molecule has 0 spiro atoms. The van der Waals surface area contributed by atoms with E-state index in [1.54, 1.807) is 18.2 Å². The smallest absolute Gasteiger partial charge is 0.292 e. The number of carbonyl (C=O) groups excluding carboxylic acids is 1. The quantitative estimate of drug-likeness (QED) is 0.477. The molecule has 1 aromatic heterocycles. The van der Waals surface area contributed by atoms with Crippen molar-refractivity contribution in [2.24, 2.45) is 5.73 Å². The Balaban J connectivity index is 2.30. The Morgan fingerprint density at radius 2 is 2.24 bits per heavy atom. The molecule has 0 aliphatic heterocycles. The summed E-state index contributed by atoms with van der Waals surface area (Å²) < 4.78 is 4.82. The van der Waals surface area contributed by atoms with Gasteiger partial charge in [-0.2, -0.15) is 4.98 Å². The van der Waals surface area contributed by atoms with Gasteiger partial charge in [0, 0.05) is 30.5 Å².